The lowest BCUT2D eigenvalue weighted by atomic mass is 10.3. The molecule has 1 aliphatic heterocycles. The van der Waals surface area contributed by atoms with E-state index in [1.165, 1.54) is 0 Å². The standard InChI is InChI=1S/C11H15F3N2O3S2/c12-11(13,14)9-2-3-10(20-9)21(17,18)16-7-8-6-15-4-1-5-19-8/h2-3,8,15-16H,1,4-7H2. The fraction of sp³-hybridized carbons (Fsp3) is 0.636. The van der Waals surface area contributed by atoms with Crippen LogP contribution in [-0.4, -0.2) is 40.8 Å². The molecule has 1 aliphatic rings. The number of rotatable bonds is 4. The summed E-state index contributed by atoms with van der Waals surface area (Å²) in [6.45, 7) is 1.84. The van der Waals surface area contributed by atoms with Crippen molar-refractivity contribution < 1.29 is 26.3 Å². The third kappa shape index (κ3) is 4.65. The van der Waals surface area contributed by atoms with E-state index in [4.69, 9.17) is 4.74 Å². The van der Waals surface area contributed by atoms with Gasteiger partial charge in [0.1, 0.15) is 9.09 Å². The Hall–Kier alpha value is -0.680. The predicted octanol–water partition coefficient (Wildman–Crippen LogP) is 1.42. The number of thiophene rings is 1. The van der Waals surface area contributed by atoms with Gasteiger partial charge in [-0.2, -0.15) is 13.2 Å². The number of hydrogen-bond acceptors (Lipinski definition) is 5. The lowest BCUT2D eigenvalue weighted by Gasteiger charge is -2.15. The second-order valence-electron chi connectivity index (χ2n) is 4.52. The maximum Gasteiger partial charge on any atom is 0.425 e. The molecule has 1 aromatic rings. The average Bonchev–Trinajstić information content (AvgIpc) is 2.77. The fourth-order valence-corrected chi connectivity index (χ4v) is 4.08. The number of nitrogens with one attached hydrogen (secondary N) is 2. The Morgan fingerprint density at radius 3 is 2.86 bits per heavy atom. The molecular weight excluding hydrogens is 329 g/mol. The highest BCUT2D eigenvalue weighted by molar-refractivity contribution is 7.91. The highest BCUT2D eigenvalue weighted by Crippen LogP contribution is 2.35. The Balaban J connectivity index is 1.99. The summed E-state index contributed by atoms with van der Waals surface area (Å²) in [5.74, 6) is 0. The third-order valence-electron chi connectivity index (χ3n) is 2.85. The van der Waals surface area contributed by atoms with E-state index >= 15 is 0 Å². The molecule has 5 nitrogen and oxygen atoms in total. The van der Waals surface area contributed by atoms with Crippen molar-refractivity contribution in [1.29, 1.82) is 0 Å². The molecule has 1 fully saturated rings. The molecule has 0 aliphatic carbocycles. The van der Waals surface area contributed by atoms with Gasteiger partial charge in [0.25, 0.3) is 0 Å². The maximum absolute atomic E-state index is 12.5. The smallest absolute Gasteiger partial charge is 0.375 e. The number of ether oxygens (including phenoxy) is 1. The zero-order valence-corrected chi connectivity index (χ0v) is 12.6. The quantitative estimate of drug-likeness (QED) is 0.867. The minimum Gasteiger partial charge on any atom is -0.375 e. The minimum absolute atomic E-state index is 0.0224. The molecule has 2 rings (SSSR count). The monoisotopic (exact) mass is 344 g/mol. The summed E-state index contributed by atoms with van der Waals surface area (Å²) in [4.78, 5) is -0.935. The van der Waals surface area contributed by atoms with Crippen LogP contribution < -0.4 is 10.0 Å². The van der Waals surface area contributed by atoms with E-state index in [-0.39, 0.29) is 28.2 Å². The van der Waals surface area contributed by atoms with Crippen LogP contribution in [0.15, 0.2) is 16.3 Å². The van der Waals surface area contributed by atoms with Gasteiger partial charge in [0.05, 0.1) is 6.10 Å². The number of alkyl halides is 3. The van der Waals surface area contributed by atoms with Crippen LogP contribution in [0, 0.1) is 0 Å². The van der Waals surface area contributed by atoms with Gasteiger partial charge in [0.15, 0.2) is 0 Å². The van der Waals surface area contributed by atoms with E-state index in [9.17, 15) is 21.6 Å². The Morgan fingerprint density at radius 2 is 2.19 bits per heavy atom. The first kappa shape index (κ1) is 16.7. The highest BCUT2D eigenvalue weighted by Gasteiger charge is 2.34. The van der Waals surface area contributed by atoms with Crippen LogP contribution in [0.4, 0.5) is 13.2 Å². The van der Waals surface area contributed by atoms with E-state index in [1.54, 1.807) is 0 Å². The first-order valence-corrected chi connectivity index (χ1v) is 8.58. The lowest BCUT2D eigenvalue weighted by molar-refractivity contribution is -0.134. The molecule has 1 atom stereocenters. The van der Waals surface area contributed by atoms with Crippen LogP contribution in [0.1, 0.15) is 11.3 Å². The minimum atomic E-state index is -4.53. The molecule has 0 saturated carbocycles. The lowest BCUT2D eigenvalue weighted by Crippen LogP contribution is -2.38. The van der Waals surface area contributed by atoms with E-state index < -0.39 is 21.1 Å². The van der Waals surface area contributed by atoms with Gasteiger partial charge in [-0.05, 0) is 25.1 Å². The number of halogens is 3. The van der Waals surface area contributed by atoms with Crippen LogP contribution in [0.25, 0.3) is 0 Å². The Labute approximate surface area is 124 Å². The maximum atomic E-state index is 12.5. The van der Waals surface area contributed by atoms with Gasteiger partial charge in [0.2, 0.25) is 10.0 Å². The van der Waals surface area contributed by atoms with Crippen molar-refractivity contribution in [3.05, 3.63) is 17.0 Å². The van der Waals surface area contributed by atoms with Crippen molar-refractivity contribution in [2.24, 2.45) is 0 Å². The van der Waals surface area contributed by atoms with Crippen LogP contribution in [0.5, 0.6) is 0 Å². The largest absolute Gasteiger partial charge is 0.425 e. The second-order valence-corrected chi connectivity index (χ2v) is 7.60. The van der Waals surface area contributed by atoms with Crippen LogP contribution in [0.3, 0.4) is 0 Å². The Morgan fingerprint density at radius 1 is 1.43 bits per heavy atom. The number of hydrogen-bond donors (Lipinski definition) is 2. The molecule has 1 aromatic heterocycles. The molecule has 0 spiro atoms. The SMILES string of the molecule is O=S(=O)(NCC1CNCCCO1)c1ccc(C(F)(F)F)s1. The van der Waals surface area contributed by atoms with E-state index in [0.29, 0.717) is 13.2 Å². The van der Waals surface area contributed by atoms with Gasteiger partial charge < -0.3 is 10.1 Å². The van der Waals surface area contributed by atoms with E-state index in [0.717, 1.165) is 25.1 Å². The third-order valence-corrected chi connectivity index (χ3v) is 5.90. The molecule has 1 unspecified atom stereocenters. The highest BCUT2D eigenvalue weighted by atomic mass is 32.2. The molecule has 120 valence electrons. The zero-order chi connectivity index (χ0) is 15.5. The van der Waals surface area contributed by atoms with Crippen molar-refractivity contribution in [3.63, 3.8) is 0 Å². The molecular formula is C11H15F3N2O3S2. The summed E-state index contributed by atoms with van der Waals surface area (Å²) in [6, 6.07) is 1.73. The van der Waals surface area contributed by atoms with Crippen molar-refractivity contribution in [3.8, 4) is 0 Å². The van der Waals surface area contributed by atoms with E-state index in [1.807, 2.05) is 0 Å². The molecule has 2 heterocycles. The summed E-state index contributed by atoms with van der Waals surface area (Å²) in [7, 11) is -3.95. The van der Waals surface area contributed by atoms with Gasteiger partial charge in [-0.3, -0.25) is 0 Å². The molecule has 0 radical (unpaired) electrons. The first-order valence-electron chi connectivity index (χ1n) is 6.28. The molecule has 2 N–H and O–H groups in total. The summed E-state index contributed by atoms with van der Waals surface area (Å²) >= 11 is 0.206. The van der Waals surface area contributed by atoms with Crippen molar-refractivity contribution in [2.45, 2.75) is 22.9 Å². The zero-order valence-electron chi connectivity index (χ0n) is 10.9. The summed E-state index contributed by atoms with van der Waals surface area (Å²) < 4.78 is 68.7. The second kappa shape index (κ2) is 6.61. The van der Waals surface area contributed by atoms with Gasteiger partial charge in [0, 0.05) is 19.7 Å². The van der Waals surface area contributed by atoms with Crippen molar-refractivity contribution in [2.75, 3.05) is 26.2 Å². The van der Waals surface area contributed by atoms with Gasteiger partial charge in [-0.25, -0.2) is 13.1 Å². The van der Waals surface area contributed by atoms with Gasteiger partial charge in [-0.1, -0.05) is 0 Å². The molecule has 0 bridgehead atoms. The normalized spacial score (nSPS) is 21.2. The van der Waals surface area contributed by atoms with Gasteiger partial charge in [-0.15, -0.1) is 11.3 Å². The Bertz CT molecular complexity index is 564. The molecule has 1 saturated heterocycles. The predicted molar refractivity (Wildman–Crippen MR) is 71.7 cm³/mol. The first-order chi connectivity index (χ1) is 9.79. The topological polar surface area (TPSA) is 67.4 Å². The van der Waals surface area contributed by atoms with Gasteiger partial charge >= 0.3 is 6.18 Å². The molecule has 0 aromatic carbocycles. The van der Waals surface area contributed by atoms with Crippen molar-refractivity contribution >= 4 is 21.4 Å². The molecule has 10 heteroatoms. The molecule has 21 heavy (non-hydrogen) atoms. The van der Waals surface area contributed by atoms with Crippen molar-refractivity contribution in [1.82, 2.24) is 10.0 Å². The summed E-state index contributed by atoms with van der Waals surface area (Å²) in [5, 5.41) is 3.09. The number of sulfonamides is 1. The van der Waals surface area contributed by atoms with Crippen LogP contribution >= 0.6 is 11.3 Å². The Kier molecular flexibility index (Phi) is 5.25. The summed E-state index contributed by atoms with van der Waals surface area (Å²) in [5.41, 5.74) is 0. The summed E-state index contributed by atoms with van der Waals surface area (Å²) in [6.07, 6.45) is -4.03. The van der Waals surface area contributed by atoms with Crippen LogP contribution in [0.2, 0.25) is 0 Å². The molecule has 0 amide bonds. The average molecular weight is 344 g/mol. The van der Waals surface area contributed by atoms with Crippen LogP contribution in [-0.2, 0) is 20.9 Å². The fourth-order valence-electron chi connectivity index (χ4n) is 1.79. The van der Waals surface area contributed by atoms with E-state index in [2.05, 4.69) is 10.0 Å².